The Morgan fingerprint density at radius 3 is 2.56 bits per heavy atom. The lowest BCUT2D eigenvalue weighted by atomic mass is 9.96. The van der Waals surface area contributed by atoms with Gasteiger partial charge in [0, 0.05) is 11.6 Å². The van der Waals surface area contributed by atoms with Crippen LogP contribution in [-0.4, -0.2) is 31.9 Å². The lowest BCUT2D eigenvalue weighted by molar-refractivity contribution is -0.0103. The number of fused-ring (bicyclic) bond motifs is 1. The van der Waals surface area contributed by atoms with Gasteiger partial charge in [0.2, 0.25) is 0 Å². The van der Waals surface area contributed by atoms with Crippen molar-refractivity contribution in [2.45, 2.75) is 18.6 Å². The highest BCUT2D eigenvalue weighted by atomic mass is 16.6. The molecule has 2 unspecified atom stereocenters. The van der Waals surface area contributed by atoms with Gasteiger partial charge in [0.1, 0.15) is 28.9 Å². The fourth-order valence-corrected chi connectivity index (χ4v) is 3.00. The average Bonchev–Trinajstić information content (AvgIpc) is 3.04. The number of benzene rings is 2. The number of cyclic esters (lactones) is 1. The van der Waals surface area contributed by atoms with Crippen LogP contribution in [0.4, 0.5) is 0 Å². The SMILES string of the molecule is C=CCCOc1ccc(C(O)C2OC(=O)c3c(OC)cc(OC)cc32)cc1. The van der Waals surface area contributed by atoms with Gasteiger partial charge in [0.15, 0.2) is 6.10 Å². The monoisotopic (exact) mass is 370 g/mol. The van der Waals surface area contributed by atoms with Gasteiger partial charge in [-0.25, -0.2) is 4.79 Å². The summed E-state index contributed by atoms with van der Waals surface area (Å²) in [6.07, 6.45) is 0.661. The number of hydrogen-bond donors (Lipinski definition) is 1. The molecule has 0 bridgehead atoms. The molecule has 3 rings (SSSR count). The van der Waals surface area contributed by atoms with Crippen molar-refractivity contribution in [3.05, 3.63) is 65.7 Å². The Bertz CT molecular complexity index is 827. The minimum Gasteiger partial charge on any atom is -0.497 e. The highest BCUT2D eigenvalue weighted by Gasteiger charge is 2.39. The van der Waals surface area contributed by atoms with Crippen molar-refractivity contribution in [1.82, 2.24) is 0 Å². The summed E-state index contributed by atoms with van der Waals surface area (Å²) in [5, 5.41) is 10.8. The van der Waals surface area contributed by atoms with E-state index in [9.17, 15) is 9.90 Å². The van der Waals surface area contributed by atoms with Crippen LogP contribution in [0.15, 0.2) is 49.1 Å². The van der Waals surface area contributed by atoms with E-state index in [-0.39, 0.29) is 0 Å². The zero-order valence-corrected chi connectivity index (χ0v) is 15.3. The van der Waals surface area contributed by atoms with Crippen LogP contribution in [0.25, 0.3) is 0 Å². The van der Waals surface area contributed by atoms with Crippen LogP contribution in [0.2, 0.25) is 0 Å². The third-order valence-corrected chi connectivity index (χ3v) is 4.41. The fourth-order valence-electron chi connectivity index (χ4n) is 3.00. The molecule has 0 amide bonds. The van der Waals surface area contributed by atoms with Crippen molar-refractivity contribution in [3.8, 4) is 17.2 Å². The van der Waals surface area contributed by atoms with Crippen molar-refractivity contribution < 1.29 is 28.8 Å². The van der Waals surface area contributed by atoms with E-state index in [1.165, 1.54) is 14.2 Å². The zero-order valence-electron chi connectivity index (χ0n) is 15.3. The molecule has 1 N–H and O–H groups in total. The van der Waals surface area contributed by atoms with Crippen LogP contribution < -0.4 is 14.2 Å². The topological polar surface area (TPSA) is 74.2 Å². The second-order valence-electron chi connectivity index (χ2n) is 6.06. The third kappa shape index (κ3) is 3.75. The maximum Gasteiger partial charge on any atom is 0.343 e. The lowest BCUT2D eigenvalue weighted by Crippen LogP contribution is -2.11. The number of rotatable bonds is 8. The van der Waals surface area contributed by atoms with Gasteiger partial charge in [-0.05, 0) is 30.2 Å². The normalized spacial score (nSPS) is 16.3. The predicted octanol–water partition coefficient (Wildman–Crippen LogP) is 3.60. The van der Waals surface area contributed by atoms with Gasteiger partial charge >= 0.3 is 5.97 Å². The zero-order chi connectivity index (χ0) is 19.4. The third-order valence-electron chi connectivity index (χ3n) is 4.41. The smallest absolute Gasteiger partial charge is 0.343 e. The second-order valence-corrected chi connectivity index (χ2v) is 6.06. The van der Waals surface area contributed by atoms with Crippen molar-refractivity contribution in [1.29, 1.82) is 0 Å². The molecule has 0 fully saturated rings. The van der Waals surface area contributed by atoms with E-state index in [0.717, 1.165) is 6.42 Å². The van der Waals surface area contributed by atoms with Gasteiger partial charge in [0.05, 0.1) is 20.8 Å². The molecule has 1 heterocycles. The number of esters is 1. The predicted molar refractivity (Wildman–Crippen MR) is 99.4 cm³/mol. The Morgan fingerprint density at radius 1 is 1.19 bits per heavy atom. The standard InChI is InChI=1S/C21H22O6/c1-4-5-10-26-14-8-6-13(7-9-14)19(22)20-16-11-15(24-2)12-17(25-3)18(16)21(23)27-20/h4,6-9,11-12,19-20,22H,1,5,10H2,2-3H3. The van der Waals surface area contributed by atoms with Crippen LogP contribution >= 0.6 is 0 Å². The Labute approximate surface area is 157 Å². The first-order valence-corrected chi connectivity index (χ1v) is 8.57. The number of hydrogen-bond acceptors (Lipinski definition) is 6. The summed E-state index contributed by atoms with van der Waals surface area (Å²) in [6, 6.07) is 10.3. The van der Waals surface area contributed by atoms with Crippen LogP contribution in [-0.2, 0) is 4.74 Å². The van der Waals surface area contributed by atoms with Crippen molar-refractivity contribution in [3.63, 3.8) is 0 Å². The van der Waals surface area contributed by atoms with Gasteiger partial charge in [-0.2, -0.15) is 0 Å². The van der Waals surface area contributed by atoms with Gasteiger partial charge in [-0.3, -0.25) is 0 Å². The van der Waals surface area contributed by atoms with Crippen LogP contribution in [0.5, 0.6) is 17.2 Å². The summed E-state index contributed by atoms with van der Waals surface area (Å²) in [5.41, 5.74) is 1.46. The van der Waals surface area contributed by atoms with E-state index in [1.54, 1.807) is 42.5 Å². The molecule has 2 aromatic rings. The quantitative estimate of drug-likeness (QED) is 0.435. The minimum absolute atomic E-state index is 0.312. The Balaban J connectivity index is 1.86. The summed E-state index contributed by atoms with van der Waals surface area (Å²) < 4.78 is 21.5. The van der Waals surface area contributed by atoms with Crippen molar-refractivity contribution in [2.24, 2.45) is 0 Å². The maximum atomic E-state index is 12.3. The van der Waals surface area contributed by atoms with E-state index in [0.29, 0.717) is 40.5 Å². The lowest BCUT2D eigenvalue weighted by Gasteiger charge is -2.19. The summed E-state index contributed by atoms with van der Waals surface area (Å²) in [5.74, 6) is 1.04. The molecule has 2 aromatic carbocycles. The van der Waals surface area contributed by atoms with E-state index in [4.69, 9.17) is 18.9 Å². The molecule has 6 nitrogen and oxygen atoms in total. The fraction of sp³-hybridized carbons (Fsp3) is 0.286. The Kier molecular flexibility index (Phi) is 5.66. The maximum absolute atomic E-state index is 12.3. The average molecular weight is 370 g/mol. The molecular formula is C21H22O6. The summed E-state index contributed by atoms with van der Waals surface area (Å²) in [7, 11) is 2.99. The molecule has 27 heavy (non-hydrogen) atoms. The van der Waals surface area contributed by atoms with E-state index in [1.807, 2.05) is 0 Å². The molecule has 0 saturated carbocycles. The molecule has 0 aromatic heterocycles. The number of aliphatic hydroxyl groups is 1. The number of ether oxygens (including phenoxy) is 4. The molecule has 0 aliphatic carbocycles. The van der Waals surface area contributed by atoms with Crippen molar-refractivity contribution >= 4 is 5.97 Å². The first kappa shape index (κ1) is 18.8. The minimum atomic E-state index is -1.03. The Morgan fingerprint density at radius 2 is 1.93 bits per heavy atom. The van der Waals surface area contributed by atoms with Gasteiger partial charge in [-0.15, -0.1) is 6.58 Å². The number of aliphatic hydroxyl groups excluding tert-OH is 1. The van der Waals surface area contributed by atoms with E-state index >= 15 is 0 Å². The molecule has 1 aliphatic rings. The van der Waals surface area contributed by atoms with Gasteiger partial charge in [-0.1, -0.05) is 18.2 Å². The van der Waals surface area contributed by atoms with E-state index in [2.05, 4.69) is 6.58 Å². The second kappa shape index (κ2) is 8.14. The van der Waals surface area contributed by atoms with Crippen LogP contribution in [0, 0.1) is 0 Å². The molecule has 0 radical (unpaired) electrons. The molecule has 2 atom stereocenters. The molecule has 142 valence electrons. The Hall–Kier alpha value is -2.99. The number of carbonyl (C=O) groups is 1. The van der Waals surface area contributed by atoms with Gasteiger partial charge in [0.25, 0.3) is 0 Å². The number of methoxy groups -OCH3 is 2. The molecule has 0 saturated heterocycles. The van der Waals surface area contributed by atoms with Crippen LogP contribution in [0.1, 0.15) is 40.1 Å². The summed E-state index contributed by atoms with van der Waals surface area (Å²) >= 11 is 0. The summed E-state index contributed by atoms with van der Waals surface area (Å²) in [6.45, 7) is 4.19. The van der Waals surface area contributed by atoms with Gasteiger partial charge < -0.3 is 24.1 Å². The van der Waals surface area contributed by atoms with E-state index < -0.39 is 18.2 Å². The largest absolute Gasteiger partial charge is 0.497 e. The molecular weight excluding hydrogens is 348 g/mol. The first-order chi connectivity index (χ1) is 13.1. The molecule has 6 heteroatoms. The van der Waals surface area contributed by atoms with Crippen LogP contribution in [0.3, 0.4) is 0 Å². The summed E-state index contributed by atoms with van der Waals surface area (Å²) in [4.78, 5) is 12.3. The van der Waals surface area contributed by atoms with Crippen molar-refractivity contribution in [2.75, 3.05) is 20.8 Å². The molecule has 0 spiro atoms. The highest BCUT2D eigenvalue weighted by Crippen LogP contribution is 2.45. The molecule has 1 aliphatic heterocycles. The first-order valence-electron chi connectivity index (χ1n) is 8.57. The number of carbonyl (C=O) groups excluding carboxylic acids is 1. The highest BCUT2D eigenvalue weighted by molar-refractivity contribution is 5.97.